The van der Waals surface area contributed by atoms with Gasteiger partial charge in [0, 0.05) is 28.9 Å². The lowest BCUT2D eigenvalue weighted by molar-refractivity contribution is -0.384. The van der Waals surface area contributed by atoms with Gasteiger partial charge in [0.15, 0.2) is 0 Å². The van der Waals surface area contributed by atoms with Crippen molar-refractivity contribution in [1.82, 2.24) is 0 Å². The van der Waals surface area contributed by atoms with Crippen molar-refractivity contribution < 1.29 is 19.2 Å². The first-order valence-corrected chi connectivity index (χ1v) is 9.88. The molecule has 0 saturated heterocycles. The van der Waals surface area contributed by atoms with Crippen LogP contribution in [0.25, 0.3) is 10.8 Å². The van der Waals surface area contributed by atoms with Gasteiger partial charge in [0.05, 0.1) is 12.0 Å². The van der Waals surface area contributed by atoms with Gasteiger partial charge < -0.3 is 14.8 Å². The molecule has 160 valence electrons. The highest BCUT2D eigenvalue weighted by atomic mass is 16.6. The number of carbonyl (C=O) groups is 1. The molecule has 0 unspecified atom stereocenters. The number of rotatable bonds is 7. The Kier molecular flexibility index (Phi) is 5.98. The van der Waals surface area contributed by atoms with Gasteiger partial charge in [-0.2, -0.15) is 0 Å². The van der Waals surface area contributed by atoms with Crippen LogP contribution in [0.5, 0.6) is 11.5 Å². The molecule has 7 nitrogen and oxygen atoms in total. The first-order chi connectivity index (χ1) is 15.5. The van der Waals surface area contributed by atoms with Crippen molar-refractivity contribution in [1.29, 1.82) is 0 Å². The van der Waals surface area contributed by atoms with Gasteiger partial charge >= 0.3 is 0 Å². The first kappa shape index (κ1) is 20.9. The van der Waals surface area contributed by atoms with Gasteiger partial charge in [-0.3, -0.25) is 14.9 Å². The zero-order valence-electron chi connectivity index (χ0n) is 17.3. The van der Waals surface area contributed by atoms with Crippen LogP contribution in [0.1, 0.15) is 15.9 Å². The molecule has 0 aliphatic rings. The molecule has 0 radical (unpaired) electrons. The van der Waals surface area contributed by atoms with Gasteiger partial charge in [0.2, 0.25) is 0 Å². The minimum absolute atomic E-state index is 0.0954. The van der Waals surface area contributed by atoms with Crippen molar-refractivity contribution in [2.24, 2.45) is 0 Å². The van der Waals surface area contributed by atoms with Crippen LogP contribution in [0, 0.1) is 10.1 Å². The smallest absolute Gasteiger partial charge is 0.271 e. The number of non-ortho nitro benzene ring substituents is 1. The number of nitro benzene ring substituents is 1. The van der Waals surface area contributed by atoms with Crippen LogP contribution in [-0.2, 0) is 6.61 Å². The van der Waals surface area contributed by atoms with Crippen LogP contribution >= 0.6 is 0 Å². The van der Waals surface area contributed by atoms with E-state index in [0.717, 1.165) is 10.8 Å². The molecular weight excluding hydrogens is 408 g/mol. The Bertz CT molecular complexity index is 1300. The highest BCUT2D eigenvalue weighted by Crippen LogP contribution is 2.25. The summed E-state index contributed by atoms with van der Waals surface area (Å²) in [6, 6.07) is 24.7. The molecule has 0 aromatic heterocycles. The Morgan fingerprint density at radius 3 is 2.53 bits per heavy atom. The van der Waals surface area contributed by atoms with Gasteiger partial charge in [-0.15, -0.1) is 0 Å². The van der Waals surface area contributed by atoms with E-state index in [1.165, 1.54) is 18.2 Å². The van der Waals surface area contributed by atoms with Crippen molar-refractivity contribution in [3.63, 3.8) is 0 Å². The lowest BCUT2D eigenvalue weighted by atomic mass is 10.1. The average molecular weight is 428 g/mol. The predicted octanol–water partition coefficient (Wildman–Crippen LogP) is 5.59. The quantitative estimate of drug-likeness (QED) is 0.306. The second kappa shape index (κ2) is 9.18. The third-order valence-corrected chi connectivity index (χ3v) is 4.97. The number of ether oxygens (including phenoxy) is 2. The number of fused-ring (bicyclic) bond motifs is 1. The Morgan fingerprint density at radius 2 is 1.75 bits per heavy atom. The van der Waals surface area contributed by atoms with E-state index in [4.69, 9.17) is 9.47 Å². The van der Waals surface area contributed by atoms with Gasteiger partial charge in [0.25, 0.3) is 11.6 Å². The topological polar surface area (TPSA) is 90.7 Å². The molecular formula is C25H20N2O5. The van der Waals surface area contributed by atoms with E-state index < -0.39 is 4.92 Å². The Morgan fingerprint density at radius 1 is 0.938 bits per heavy atom. The van der Waals surface area contributed by atoms with Crippen LogP contribution in [0.4, 0.5) is 11.4 Å². The summed E-state index contributed by atoms with van der Waals surface area (Å²) in [6.07, 6.45) is 0. The molecule has 0 fully saturated rings. The van der Waals surface area contributed by atoms with Crippen LogP contribution in [0.3, 0.4) is 0 Å². The molecule has 7 heteroatoms. The van der Waals surface area contributed by atoms with E-state index in [1.54, 1.807) is 31.4 Å². The fourth-order valence-corrected chi connectivity index (χ4v) is 3.35. The molecule has 0 saturated carbocycles. The Balaban J connectivity index is 1.52. The number of methoxy groups -OCH3 is 1. The van der Waals surface area contributed by atoms with Crippen LogP contribution < -0.4 is 14.8 Å². The normalized spacial score (nSPS) is 10.5. The third-order valence-electron chi connectivity index (χ3n) is 4.97. The molecule has 1 N–H and O–H groups in total. The highest BCUT2D eigenvalue weighted by molar-refractivity contribution is 6.04. The Hall–Kier alpha value is -4.39. The zero-order chi connectivity index (χ0) is 22.5. The molecule has 4 rings (SSSR count). The van der Waals surface area contributed by atoms with Crippen LogP contribution in [0.15, 0.2) is 84.9 Å². The monoisotopic (exact) mass is 428 g/mol. The first-order valence-electron chi connectivity index (χ1n) is 9.88. The van der Waals surface area contributed by atoms with E-state index in [1.807, 2.05) is 42.5 Å². The molecule has 1 amide bonds. The zero-order valence-corrected chi connectivity index (χ0v) is 17.3. The average Bonchev–Trinajstić information content (AvgIpc) is 2.82. The number of amides is 1. The summed E-state index contributed by atoms with van der Waals surface area (Å²) in [5.74, 6) is 0.912. The maximum Gasteiger partial charge on any atom is 0.271 e. The number of nitrogens with one attached hydrogen (secondary N) is 1. The molecule has 0 bridgehead atoms. The van der Waals surface area contributed by atoms with Crippen LogP contribution in [-0.4, -0.2) is 17.9 Å². The second-order valence-corrected chi connectivity index (χ2v) is 7.09. The second-order valence-electron chi connectivity index (χ2n) is 7.09. The number of hydrogen-bond donors (Lipinski definition) is 1. The summed E-state index contributed by atoms with van der Waals surface area (Å²) in [5, 5.41) is 15.8. The van der Waals surface area contributed by atoms with Gasteiger partial charge in [-0.25, -0.2) is 0 Å². The largest absolute Gasteiger partial charge is 0.496 e. The van der Waals surface area contributed by atoms with E-state index in [0.29, 0.717) is 28.3 Å². The van der Waals surface area contributed by atoms with Gasteiger partial charge in [-0.05, 0) is 47.2 Å². The number of carbonyl (C=O) groups excluding carboxylic acids is 1. The Labute approximate surface area is 184 Å². The summed E-state index contributed by atoms with van der Waals surface area (Å²) in [5.41, 5.74) is 1.33. The molecule has 0 spiro atoms. The number of nitro groups is 1. The summed E-state index contributed by atoms with van der Waals surface area (Å²) in [4.78, 5) is 23.1. The standard InChI is InChI=1S/C25H20N2O5/c1-31-24-12-10-19(25(28)26-21-7-4-8-22(15-21)27(29)30)13-20(24)16-32-23-11-9-17-5-2-3-6-18(17)14-23/h2-15H,16H2,1H3,(H,26,28). The fraction of sp³-hybridized carbons (Fsp3) is 0.0800. The van der Waals surface area contributed by atoms with Crippen molar-refractivity contribution >= 4 is 28.1 Å². The molecule has 0 aliphatic carbocycles. The third kappa shape index (κ3) is 4.67. The summed E-state index contributed by atoms with van der Waals surface area (Å²) in [6.45, 7) is 0.208. The number of benzene rings is 4. The highest BCUT2D eigenvalue weighted by Gasteiger charge is 2.13. The number of hydrogen-bond acceptors (Lipinski definition) is 5. The molecule has 0 heterocycles. The molecule has 0 atom stereocenters. The summed E-state index contributed by atoms with van der Waals surface area (Å²) < 4.78 is 11.4. The minimum atomic E-state index is -0.509. The predicted molar refractivity (Wildman–Crippen MR) is 122 cm³/mol. The molecule has 32 heavy (non-hydrogen) atoms. The van der Waals surface area contributed by atoms with Gasteiger partial charge in [-0.1, -0.05) is 36.4 Å². The van der Waals surface area contributed by atoms with Crippen molar-refractivity contribution in [3.05, 3.63) is 106 Å². The minimum Gasteiger partial charge on any atom is -0.496 e. The van der Waals surface area contributed by atoms with Crippen molar-refractivity contribution in [2.45, 2.75) is 6.61 Å². The van der Waals surface area contributed by atoms with E-state index in [9.17, 15) is 14.9 Å². The van der Waals surface area contributed by atoms with E-state index >= 15 is 0 Å². The summed E-state index contributed by atoms with van der Waals surface area (Å²) >= 11 is 0. The fourth-order valence-electron chi connectivity index (χ4n) is 3.35. The van der Waals surface area contributed by atoms with E-state index in [2.05, 4.69) is 5.32 Å². The summed E-state index contributed by atoms with van der Waals surface area (Å²) in [7, 11) is 1.55. The lowest BCUT2D eigenvalue weighted by Crippen LogP contribution is -2.13. The van der Waals surface area contributed by atoms with Crippen molar-refractivity contribution in [2.75, 3.05) is 12.4 Å². The van der Waals surface area contributed by atoms with Crippen LogP contribution in [0.2, 0.25) is 0 Å². The molecule has 4 aromatic carbocycles. The lowest BCUT2D eigenvalue weighted by Gasteiger charge is -2.13. The molecule has 4 aromatic rings. The van der Waals surface area contributed by atoms with Gasteiger partial charge in [0.1, 0.15) is 18.1 Å². The molecule has 0 aliphatic heterocycles. The maximum atomic E-state index is 12.7. The SMILES string of the molecule is COc1ccc(C(=O)Nc2cccc([N+](=O)[O-])c2)cc1COc1ccc2ccccc2c1. The van der Waals surface area contributed by atoms with E-state index in [-0.39, 0.29) is 18.2 Å². The maximum absolute atomic E-state index is 12.7. The number of nitrogens with zero attached hydrogens (tertiary/aromatic N) is 1. The van der Waals surface area contributed by atoms with Crippen molar-refractivity contribution in [3.8, 4) is 11.5 Å². The number of anilines is 1.